The van der Waals surface area contributed by atoms with E-state index in [1.807, 2.05) is 4.90 Å². The Morgan fingerprint density at radius 1 is 1.22 bits per heavy atom. The summed E-state index contributed by atoms with van der Waals surface area (Å²) in [5.41, 5.74) is 0.627. The standard InChI is InChI=1S/C13H17NO4/c15-12(11-3-6-16-9-11)14-4-1-10(2-5-14)13-17-7-8-18-13/h3,6,9-10,13H,1-2,4-5,7-8H2. The molecule has 0 radical (unpaired) electrons. The van der Waals surface area contributed by atoms with E-state index in [1.54, 1.807) is 6.07 Å². The number of ether oxygens (including phenoxy) is 2. The Bertz CT molecular complexity index is 389. The zero-order valence-corrected chi connectivity index (χ0v) is 10.2. The number of likely N-dealkylation sites (tertiary alicyclic amines) is 1. The van der Waals surface area contributed by atoms with E-state index in [-0.39, 0.29) is 12.2 Å². The second kappa shape index (κ2) is 5.12. The highest BCUT2D eigenvalue weighted by atomic mass is 16.7. The number of rotatable bonds is 2. The number of hydrogen-bond acceptors (Lipinski definition) is 4. The molecule has 2 fully saturated rings. The van der Waals surface area contributed by atoms with Gasteiger partial charge in [-0.15, -0.1) is 0 Å². The molecular weight excluding hydrogens is 234 g/mol. The Kier molecular flexibility index (Phi) is 3.34. The van der Waals surface area contributed by atoms with Crippen LogP contribution in [-0.4, -0.2) is 43.4 Å². The van der Waals surface area contributed by atoms with E-state index in [0.29, 0.717) is 24.7 Å². The summed E-state index contributed by atoms with van der Waals surface area (Å²) in [6.45, 7) is 2.91. The van der Waals surface area contributed by atoms with Crippen molar-refractivity contribution in [2.45, 2.75) is 19.1 Å². The van der Waals surface area contributed by atoms with Gasteiger partial charge in [-0.05, 0) is 18.9 Å². The number of hydrogen-bond donors (Lipinski definition) is 0. The van der Waals surface area contributed by atoms with Crippen LogP contribution < -0.4 is 0 Å². The summed E-state index contributed by atoms with van der Waals surface area (Å²) >= 11 is 0. The van der Waals surface area contributed by atoms with Crippen LogP contribution in [-0.2, 0) is 9.47 Å². The molecule has 5 nitrogen and oxygen atoms in total. The number of amides is 1. The zero-order chi connectivity index (χ0) is 12.4. The van der Waals surface area contributed by atoms with Crippen LogP contribution in [0.25, 0.3) is 0 Å². The maximum absolute atomic E-state index is 12.1. The van der Waals surface area contributed by atoms with Crippen LogP contribution in [0.5, 0.6) is 0 Å². The van der Waals surface area contributed by atoms with Crippen molar-refractivity contribution in [2.75, 3.05) is 26.3 Å². The summed E-state index contributed by atoms with van der Waals surface area (Å²) in [6, 6.07) is 1.71. The minimum Gasteiger partial charge on any atom is -0.472 e. The predicted molar refractivity (Wildman–Crippen MR) is 63.0 cm³/mol. The summed E-state index contributed by atoms with van der Waals surface area (Å²) < 4.78 is 16.0. The normalized spacial score (nSPS) is 22.6. The smallest absolute Gasteiger partial charge is 0.257 e. The van der Waals surface area contributed by atoms with Gasteiger partial charge in [0.1, 0.15) is 6.26 Å². The van der Waals surface area contributed by atoms with Gasteiger partial charge in [-0.3, -0.25) is 4.79 Å². The number of nitrogens with zero attached hydrogens (tertiary/aromatic N) is 1. The fraction of sp³-hybridized carbons (Fsp3) is 0.615. The van der Waals surface area contributed by atoms with Crippen LogP contribution in [0, 0.1) is 5.92 Å². The van der Waals surface area contributed by atoms with Crippen molar-refractivity contribution in [3.63, 3.8) is 0 Å². The molecule has 0 aromatic carbocycles. The SMILES string of the molecule is O=C(c1ccoc1)N1CCC(C2OCCO2)CC1. The fourth-order valence-corrected chi connectivity index (χ4v) is 2.59. The number of carbonyl (C=O) groups is 1. The molecule has 0 bridgehead atoms. The van der Waals surface area contributed by atoms with Gasteiger partial charge in [0.2, 0.25) is 0 Å². The molecule has 0 N–H and O–H groups in total. The van der Waals surface area contributed by atoms with Crippen LogP contribution in [0.15, 0.2) is 23.0 Å². The molecular formula is C13H17NO4. The van der Waals surface area contributed by atoms with Gasteiger partial charge in [0.15, 0.2) is 6.29 Å². The number of furan rings is 1. The summed E-state index contributed by atoms with van der Waals surface area (Å²) in [5.74, 6) is 0.469. The highest BCUT2D eigenvalue weighted by Crippen LogP contribution is 2.26. The van der Waals surface area contributed by atoms with E-state index in [1.165, 1.54) is 12.5 Å². The van der Waals surface area contributed by atoms with Crippen LogP contribution in [0.1, 0.15) is 23.2 Å². The third-order valence-corrected chi connectivity index (χ3v) is 3.63. The molecule has 1 aromatic rings. The average molecular weight is 251 g/mol. The maximum Gasteiger partial charge on any atom is 0.257 e. The Morgan fingerprint density at radius 2 is 1.94 bits per heavy atom. The molecule has 0 atom stereocenters. The fourth-order valence-electron chi connectivity index (χ4n) is 2.59. The lowest BCUT2D eigenvalue weighted by Crippen LogP contribution is -2.41. The Hall–Kier alpha value is -1.33. The highest BCUT2D eigenvalue weighted by molar-refractivity contribution is 5.93. The molecule has 0 aliphatic carbocycles. The molecule has 0 saturated carbocycles. The molecule has 3 rings (SSSR count). The van der Waals surface area contributed by atoms with E-state index in [4.69, 9.17) is 13.9 Å². The quantitative estimate of drug-likeness (QED) is 0.799. The minimum absolute atomic E-state index is 0.0514. The molecule has 0 spiro atoms. The summed E-state index contributed by atoms with van der Waals surface area (Å²) in [4.78, 5) is 14.0. The molecule has 2 aliphatic rings. The van der Waals surface area contributed by atoms with Crippen LogP contribution in [0.2, 0.25) is 0 Å². The first-order chi connectivity index (χ1) is 8.84. The van der Waals surface area contributed by atoms with Gasteiger partial charge >= 0.3 is 0 Å². The predicted octanol–water partition coefficient (Wildman–Crippen LogP) is 1.50. The Balaban J connectivity index is 1.55. The topological polar surface area (TPSA) is 51.9 Å². The molecule has 5 heteroatoms. The highest BCUT2D eigenvalue weighted by Gasteiger charge is 2.32. The van der Waals surface area contributed by atoms with E-state index >= 15 is 0 Å². The molecule has 1 amide bonds. The van der Waals surface area contributed by atoms with Crippen molar-refractivity contribution in [1.29, 1.82) is 0 Å². The van der Waals surface area contributed by atoms with E-state index < -0.39 is 0 Å². The second-order valence-electron chi connectivity index (χ2n) is 4.75. The second-order valence-corrected chi connectivity index (χ2v) is 4.75. The molecule has 2 saturated heterocycles. The summed E-state index contributed by atoms with van der Waals surface area (Å²) in [6.07, 6.45) is 4.84. The van der Waals surface area contributed by atoms with Crippen molar-refractivity contribution < 1.29 is 18.7 Å². The van der Waals surface area contributed by atoms with Crippen molar-refractivity contribution in [3.8, 4) is 0 Å². The average Bonchev–Trinajstić information content (AvgIpc) is 3.11. The van der Waals surface area contributed by atoms with Gasteiger partial charge < -0.3 is 18.8 Å². The van der Waals surface area contributed by atoms with Gasteiger partial charge in [-0.2, -0.15) is 0 Å². The van der Waals surface area contributed by atoms with Crippen molar-refractivity contribution in [2.24, 2.45) is 5.92 Å². The molecule has 98 valence electrons. The van der Waals surface area contributed by atoms with E-state index in [0.717, 1.165) is 25.9 Å². The van der Waals surface area contributed by atoms with Crippen molar-refractivity contribution in [3.05, 3.63) is 24.2 Å². The first kappa shape index (κ1) is 11.7. The van der Waals surface area contributed by atoms with Gasteiger partial charge in [0, 0.05) is 19.0 Å². The lowest BCUT2D eigenvalue weighted by atomic mass is 9.96. The van der Waals surface area contributed by atoms with Gasteiger partial charge in [-0.1, -0.05) is 0 Å². The molecule has 0 unspecified atom stereocenters. The Morgan fingerprint density at radius 3 is 2.56 bits per heavy atom. The van der Waals surface area contributed by atoms with E-state index in [2.05, 4.69) is 0 Å². The maximum atomic E-state index is 12.1. The van der Waals surface area contributed by atoms with Gasteiger partial charge in [-0.25, -0.2) is 0 Å². The zero-order valence-electron chi connectivity index (χ0n) is 10.2. The number of carbonyl (C=O) groups excluding carboxylic acids is 1. The third-order valence-electron chi connectivity index (χ3n) is 3.63. The molecule has 18 heavy (non-hydrogen) atoms. The van der Waals surface area contributed by atoms with E-state index in [9.17, 15) is 4.79 Å². The largest absolute Gasteiger partial charge is 0.472 e. The van der Waals surface area contributed by atoms with Crippen LogP contribution in [0.3, 0.4) is 0 Å². The summed E-state index contributed by atoms with van der Waals surface area (Å²) in [7, 11) is 0. The molecule has 3 heterocycles. The molecule has 1 aromatic heterocycles. The lowest BCUT2D eigenvalue weighted by Gasteiger charge is -2.33. The minimum atomic E-state index is -0.0591. The monoisotopic (exact) mass is 251 g/mol. The Labute approximate surface area is 106 Å². The summed E-state index contributed by atoms with van der Waals surface area (Å²) in [5, 5.41) is 0. The van der Waals surface area contributed by atoms with Crippen molar-refractivity contribution in [1.82, 2.24) is 4.90 Å². The number of piperidine rings is 1. The third kappa shape index (κ3) is 2.28. The van der Waals surface area contributed by atoms with Gasteiger partial charge in [0.25, 0.3) is 5.91 Å². The van der Waals surface area contributed by atoms with Crippen molar-refractivity contribution >= 4 is 5.91 Å². The van der Waals surface area contributed by atoms with Gasteiger partial charge in [0.05, 0.1) is 25.0 Å². The molecule has 2 aliphatic heterocycles. The lowest BCUT2D eigenvalue weighted by molar-refractivity contribution is -0.0956. The van der Waals surface area contributed by atoms with Crippen LogP contribution >= 0.6 is 0 Å². The first-order valence-corrected chi connectivity index (χ1v) is 6.39. The van der Waals surface area contributed by atoms with Crippen LogP contribution in [0.4, 0.5) is 0 Å². The first-order valence-electron chi connectivity index (χ1n) is 6.39.